The van der Waals surface area contributed by atoms with Gasteiger partial charge in [-0.05, 0) is 12.1 Å². The lowest BCUT2D eigenvalue weighted by molar-refractivity contribution is 0.475. The molecule has 0 heterocycles. The van der Waals surface area contributed by atoms with Crippen molar-refractivity contribution in [2.24, 2.45) is 5.73 Å². The van der Waals surface area contributed by atoms with Crippen LogP contribution in [0, 0.1) is 16.7 Å². The van der Waals surface area contributed by atoms with E-state index < -0.39 is 0 Å². The highest BCUT2D eigenvalue weighted by molar-refractivity contribution is 5.56. The van der Waals surface area contributed by atoms with Gasteiger partial charge in [0.05, 0.1) is 17.6 Å². The van der Waals surface area contributed by atoms with Crippen LogP contribution in [0.4, 0.5) is 5.69 Å². The fourth-order valence-electron chi connectivity index (χ4n) is 0.652. The summed E-state index contributed by atoms with van der Waals surface area (Å²) in [6, 6.07) is 6.13. The van der Waals surface area contributed by atoms with Gasteiger partial charge < -0.3 is 16.6 Å². The first-order valence-corrected chi connectivity index (χ1v) is 3.35. The molecule has 0 unspecified atom stereocenters. The molecule has 0 amide bonds. The zero-order valence-corrected chi connectivity index (χ0v) is 6.86. The van der Waals surface area contributed by atoms with Crippen molar-refractivity contribution in [1.29, 1.82) is 10.7 Å². The molecule has 0 aliphatic rings. The summed E-state index contributed by atoms with van der Waals surface area (Å²) in [7, 11) is 0. The zero-order chi connectivity index (χ0) is 10.3. The SMILES string of the molecule is N#Cc1ccc(O)cc1N.N=CN. The van der Waals surface area contributed by atoms with Gasteiger partial charge in [0.2, 0.25) is 0 Å². The Hall–Kier alpha value is -2.22. The first-order chi connectivity index (χ1) is 6.15. The Morgan fingerprint density at radius 3 is 2.46 bits per heavy atom. The number of anilines is 1. The average Bonchev–Trinajstić information content (AvgIpc) is 2.06. The van der Waals surface area contributed by atoms with Crippen LogP contribution in [0.1, 0.15) is 5.56 Å². The van der Waals surface area contributed by atoms with Crippen molar-refractivity contribution in [3.05, 3.63) is 23.8 Å². The standard InChI is InChI=1S/C7H6N2O.CH4N2/c8-4-5-1-2-6(10)3-7(5)9;2-1-3/h1-3,10H,9H2;1H,(H3,2,3). The van der Waals surface area contributed by atoms with Gasteiger partial charge in [0.25, 0.3) is 0 Å². The molecule has 13 heavy (non-hydrogen) atoms. The average molecular weight is 178 g/mol. The third kappa shape index (κ3) is 3.62. The Kier molecular flexibility index (Phi) is 4.51. The molecule has 5 nitrogen and oxygen atoms in total. The Morgan fingerprint density at radius 2 is 2.08 bits per heavy atom. The molecule has 0 saturated carbocycles. The minimum Gasteiger partial charge on any atom is -0.508 e. The van der Waals surface area contributed by atoms with Crippen LogP contribution >= 0.6 is 0 Å². The molecular formula is C8H10N4O. The maximum atomic E-state index is 8.84. The number of nitrogen functional groups attached to an aromatic ring is 1. The number of nitriles is 1. The lowest BCUT2D eigenvalue weighted by Gasteiger charge is -1.95. The molecule has 0 radical (unpaired) electrons. The van der Waals surface area contributed by atoms with Crippen molar-refractivity contribution in [2.45, 2.75) is 0 Å². The number of phenols is 1. The maximum absolute atomic E-state index is 8.84. The molecule has 1 rings (SSSR count). The second-order valence-corrected chi connectivity index (χ2v) is 2.05. The first kappa shape index (κ1) is 10.8. The van der Waals surface area contributed by atoms with Gasteiger partial charge in [0, 0.05) is 6.07 Å². The van der Waals surface area contributed by atoms with E-state index in [1.54, 1.807) is 0 Å². The normalized spacial score (nSPS) is 7.62. The minimum absolute atomic E-state index is 0.0801. The van der Waals surface area contributed by atoms with E-state index in [0.29, 0.717) is 11.3 Å². The Labute approximate surface area is 75.7 Å². The molecule has 0 aliphatic carbocycles. The summed E-state index contributed by atoms with van der Waals surface area (Å²) in [5.74, 6) is 0.0801. The van der Waals surface area contributed by atoms with Crippen LogP contribution in [0.2, 0.25) is 0 Å². The van der Waals surface area contributed by atoms with Crippen LogP contribution in [0.5, 0.6) is 5.75 Å². The number of nitrogens with one attached hydrogen (secondary N) is 1. The highest BCUT2D eigenvalue weighted by atomic mass is 16.3. The molecule has 0 spiro atoms. The van der Waals surface area contributed by atoms with Gasteiger partial charge in [-0.2, -0.15) is 5.26 Å². The van der Waals surface area contributed by atoms with Crippen molar-refractivity contribution in [3.63, 3.8) is 0 Å². The van der Waals surface area contributed by atoms with Gasteiger partial charge in [0.15, 0.2) is 0 Å². The van der Waals surface area contributed by atoms with Gasteiger partial charge >= 0.3 is 0 Å². The van der Waals surface area contributed by atoms with Crippen molar-refractivity contribution >= 4 is 12.0 Å². The molecule has 6 N–H and O–H groups in total. The fourth-order valence-corrected chi connectivity index (χ4v) is 0.652. The number of phenolic OH excluding ortho intramolecular Hbond substituents is 1. The van der Waals surface area contributed by atoms with E-state index >= 15 is 0 Å². The zero-order valence-electron chi connectivity index (χ0n) is 6.86. The van der Waals surface area contributed by atoms with E-state index in [9.17, 15) is 0 Å². The van der Waals surface area contributed by atoms with Gasteiger partial charge in [-0.25, -0.2) is 0 Å². The number of rotatable bonds is 0. The summed E-state index contributed by atoms with van der Waals surface area (Å²) in [5, 5.41) is 23.1. The number of nitrogens with two attached hydrogens (primary N) is 2. The smallest absolute Gasteiger partial charge is 0.117 e. The molecule has 0 saturated heterocycles. The second-order valence-electron chi connectivity index (χ2n) is 2.05. The van der Waals surface area contributed by atoms with Gasteiger partial charge in [-0.1, -0.05) is 0 Å². The molecule has 1 aromatic carbocycles. The van der Waals surface area contributed by atoms with E-state index in [-0.39, 0.29) is 5.75 Å². The monoisotopic (exact) mass is 178 g/mol. The van der Waals surface area contributed by atoms with Crippen LogP contribution in [0.3, 0.4) is 0 Å². The molecular weight excluding hydrogens is 168 g/mol. The van der Waals surface area contributed by atoms with Gasteiger partial charge in [-0.3, -0.25) is 5.41 Å². The summed E-state index contributed by atoms with van der Waals surface area (Å²) in [4.78, 5) is 0. The summed E-state index contributed by atoms with van der Waals surface area (Å²) in [6.45, 7) is 0. The largest absolute Gasteiger partial charge is 0.508 e. The minimum atomic E-state index is 0.0801. The fraction of sp³-hybridized carbons (Fsp3) is 0. The highest BCUT2D eigenvalue weighted by Gasteiger charge is 1.96. The lowest BCUT2D eigenvalue weighted by atomic mass is 10.2. The Balaban J connectivity index is 0.000000424. The molecule has 0 aromatic heterocycles. The van der Waals surface area contributed by atoms with E-state index in [1.165, 1.54) is 18.2 Å². The van der Waals surface area contributed by atoms with Crippen LogP contribution < -0.4 is 11.5 Å². The highest BCUT2D eigenvalue weighted by Crippen LogP contribution is 2.16. The van der Waals surface area contributed by atoms with Crippen LogP contribution in [0.15, 0.2) is 18.2 Å². The molecule has 1 aromatic rings. The van der Waals surface area contributed by atoms with Crippen molar-refractivity contribution < 1.29 is 5.11 Å². The van der Waals surface area contributed by atoms with E-state index in [4.69, 9.17) is 21.5 Å². The number of benzene rings is 1. The van der Waals surface area contributed by atoms with Crippen LogP contribution in [-0.4, -0.2) is 11.4 Å². The topological polar surface area (TPSA) is 120 Å². The number of nitrogens with zero attached hydrogens (tertiary/aromatic N) is 1. The molecule has 0 atom stereocenters. The van der Waals surface area contributed by atoms with Crippen molar-refractivity contribution in [1.82, 2.24) is 0 Å². The number of hydrogen-bond donors (Lipinski definition) is 4. The Bertz CT molecular complexity index is 329. The van der Waals surface area contributed by atoms with Crippen LogP contribution in [0.25, 0.3) is 0 Å². The third-order valence-corrected chi connectivity index (χ3v) is 1.16. The van der Waals surface area contributed by atoms with E-state index in [2.05, 4.69) is 5.73 Å². The lowest BCUT2D eigenvalue weighted by Crippen LogP contribution is -1.88. The van der Waals surface area contributed by atoms with Crippen molar-refractivity contribution in [2.75, 3.05) is 5.73 Å². The Morgan fingerprint density at radius 1 is 1.54 bits per heavy atom. The second kappa shape index (κ2) is 5.43. The van der Waals surface area contributed by atoms with Crippen molar-refractivity contribution in [3.8, 4) is 11.8 Å². The van der Waals surface area contributed by atoms with Crippen LogP contribution in [-0.2, 0) is 0 Å². The number of aromatic hydroxyl groups is 1. The quantitative estimate of drug-likeness (QED) is 0.261. The molecule has 68 valence electrons. The third-order valence-electron chi connectivity index (χ3n) is 1.16. The predicted octanol–water partition coefficient (Wildman–Crippen LogP) is 0.398. The molecule has 0 bridgehead atoms. The predicted molar refractivity (Wildman–Crippen MR) is 50.2 cm³/mol. The summed E-state index contributed by atoms with van der Waals surface area (Å²) in [6.07, 6.45) is 0.750. The first-order valence-electron chi connectivity index (χ1n) is 3.35. The molecule has 5 heteroatoms. The molecule has 0 fully saturated rings. The van der Waals surface area contributed by atoms with Gasteiger partial charge in [0.1, 0.15) is 11.8 Å². The van der Waals surface area contributed by atoms with Gasteiger partial charge in [-0.15, -0.1) is 0 Å². The summed E-state index contributed by atoms with van der Waals surface area (Å²) in [5.41, 5.74) is 10.4. The summed E-state index contributed by atoms with van der Waals surface area (Å²) < 4.78 is 0. The maximum Gasteiger partial charge on any atom is 0.117 e. The summed E-state index contributed by atoms with van der Waals surface area (Å²) >= 11 is 0. The van der Waals surface area contributed by atoms with E-state index in [0.717, 1.165) is 6.34 Å². The number of hydrogen-bond acceptors (Lipinski definition) is 4. The van der Waals surface area contributed by atoms with E-state index in [1.807, 2.05) is 6.07 Å². The molecule has 0 aliphatic heterocycles.